The van der Waals surface area contributed by atoms with Crippen LogP contribution >= 0.6 is 0 Å². The van der Waals surface area contributed by atoms with E-state index in [1.807, 2.05) is 13.8 Å². The van der Waals surface area contributed by atoms with E-state index in [-0.39, 0.29) is 11.8 Å². The molecule has 0 aromatic carbocycles. The summed E-state index contributed by atoms with van der Waals surface area (Å²) in [5, 5.41) is 0. The molecule has 0 rings (SSSR count). The van der Waals surface area contributed by atoms with Gasteiger partial charge in [-0.3, -0.25) is 4.79 Å². The summed E-state index contributed by atoms with van der Waals surface area (Å²) in [5.74, 6) is 0.305. The predicted octanol–water partition coefficient (Wildman–Crippen LogP) is 1.54. The molecule has 0 aromatic heterocycles. The van der Waals surface area contributed by atoms with Crippen molar-refractivity contribution in [3.63, 3.8) is 0 Å². The van der Waals surface area contributed by atoms with Gasteiger partial charge in [-0.1, -0.05) is 27.2 Å². The number of primary amides is 1. The highest BCUT2D eigenvalue weighted by Gasteiger charge is 2.17. The number of hydrogen-bond acceptors (Lipinski definition) is 1. The minimum absolute atomic E-state index is 0.0741. The molecule has 0 radical (unpaired) electrons. The van der Waals surface area contributed by atoms with Gasteiger partial charge in [-0.25, -0.2) is 0 Å². The molecule has 0 spiro atoms. The molecule has 0 unspecified atom stereocenters. The molecule has 1 atom stereocenters. The van der Waals surface area contributed by atoms with E-state index in [1.165, 1.54) is 0 Å². The highest BCUT2D eigenvalue weighted by Crippen LogP contribution is 2.15. The quantitative estimate of drug-likeness (QED) is 0.637. The van der Waals surface area contributed by atoms with E-state index in [0.29, 0.717) is 5.92 Å². The molecule has 0 fully saturated rings. The van der Waals surface area contributed by atoms with Gasteiger partial charge in [0.05, 0.1) is 0 Å². The van der Waals surface area contributed by atoms with Gasteiger partial charge < -0.3 is 5.73 Å². The van der Waals surface area contributed by atoms with E-state index in [1.54, 1.807) is 0 Å². The first-order valence-corrected chi connectivity index (χ1v) is 3.88. The Hall–Kier alpha value is -0.530. The lowest BCUT2D eigenvalue weighted by molar-refractivity contribution is -0.123. The van der Waals surface area contributed by atoms with Crippen LogP contribution < -0.4 is 5.73 Å². The van der Waals surface area contributed by atoms with Crippen LogP contribution in [0.3, 0.4) is 0 Å². The first kappa shape index (κ1) is 9.47. The molecular weight excluding hydrogens is 126 g/mol. The molecule has 2 nitrogen and oxygen atoms in total. The molecule has 0 bridgehead atoms. The molecule has 0 saturated carbocycles. The number of carbonyl (C=O) groups excluding carboxylic acids is 1. The average Bonchev–Trinajstić information content (AvgIpc) is 1.81. The van der Waals surface area contributed by atoms with Gasteiger partial charge in [0.25, 0.3) is 0 Å². The van der Waals surface area contributed by atoms with Crippen LogP contribution in [0.5, 0.6) is 0 Å². The van der Waals surface area contributed by atoms with Crippen LogP contribution in [0.2, 0.25) is 0 Å². The molecule has 0 heterocycles. The van der Waals surface area contributed by atoms with Crippen molar-refractivity contribution in [3.05, 3.63) is 0 Å². The molecular formula is C8H17NO. The fourth-order valence-electron chi connectivity index (χ4n) is 1.12. The van der Waals surface area contributed by atoms with Crippen molar-refractivity contribution in [3.8, 4) is 0 Å². The minimum Gasteiger partial charge on any atom is -0.369 e. The fourth-order valence-corrected chi connectivity index (χ4v) is 1.12. The average molecular weight is 143 g/mol. The first-order valence-electron chi connectivity index (χ1n) is 3.88. The van der Waals surface area contributed by atoms with E-state index in [9.17, 15) is 4.79 Å². The van der Waals surface area contributed by atoms with Gasteiger partial charge in [0, 0.05) is 5.92 Å². The van der Waals surface area contributed by atoms with Crippen LogP contribution in [-0.4, -0.2) is 5.91 Å². The lowest BCUT2D eigenvalue weighted by Gasteiger charge is -2.15. The summed E-state index contributed by atoms with van der Waals surface area (Å²) in [4.78, 5) is 10.8. The number of nitrogens with two attached hydrogens (primary N) is 1. The van der Waals surface area contributed by atoms with Crippen molar-refractivity contribution in [1.29, 1.82) is 0 Å². The molecule has 10 heavy (non-hydrogen) atoms. The summed E-state index contributed by atoms with van der Waals surface area (Å²) in [6.07, 6.45) is 1.96. The maximum Gasteiger partial charge on any atom is 0.220 e. The van der Waals surface area contributed by atoms with Gasteiger partial charge >= 0.3 is 0 Å². The Morgan fingerprint density at radius 3 is 2.10 bits per heavy atom. The normalized spacial score (nSPS) is 13.6. The van der Waals surface area contributed by atoms with E-state index in [0.717, 1.165) is 12.8 Å². The Balaban J connectivity index is 3.85. The number of rotatable bonds is 4. The second-order valence-corrected chi connectivity index (χ2v) is 3.04. The second-order valence-electron chi connectivity index (χ2n) is 3.04. The van der Waals surface area contributed by atoms with Gasteiger partial charge in [0.2, 0.25) is 5.91 Å². The Morgan fingerprint density at radius 2 is 2.00 bits per heavy atom. The molecule has 1 amide bonds. The zero-order valence-electron chi connectivity index (χ0n) is 7.05. The van der Waals surface area contributed by atoms with Crippen molar-refractivity contribution >= 4 is 5.91 Å². The summed E-state index contributed by atoms with van der Waals surface area (Å²) >= 11 is 0. The molecule has 0 aliphatic rings. The summed E-state index contributed by atoms with van der Waals surface area (Å²) in [5.41, 5.74) is 5.18. The fraction of sp³-hybridized carbons (Fsp3) is 0.875. The van der Waals surface area contributed by atoms with E-state index < -0.39 is 0 Å². The second kappa shape index (κ2) is 4.31. The van der Waals surface area contributed by atoms with Crippen molar-refractivity contribution in [2.45, 2.75) is 33.6 Å². The summed E-state index contributed by atoms with van der Waals surface area (Å²) in [6.45, 7) is 6.13. The molecule has 0 aliphatic heterocycles. The van der Waals surface area contributed by atoms with E-state index in [4.69, 9.17) is 5.73 Å². The van der Waals surface area contributed by atoms with Crippen LogP contribution in [0.1, 0.15) is 33.6 Å². The largest absolute Gasteiger partial charge is 0.369 e. The SMILES string of the molecule is CCC[C@H](C(N)=O)C(C)C. The van der Waals surface area contributed by atoms with Crippen LogP contribution in [0.4, 0.5) is 0 Å². The van der Waals surface area contributed by atoms with Crippen molar-refractivity contribution in [1.82, 2.24) is 0 Å². The van der Waals surface area contributed by atoms with Gasteiger partial charge in [-0.05, 0) is 12.3 Å². The molecule has 60 valence electrons. The minimum atomic E-state index is -0.156. The van der Waals surface area contributed by atoms with Gasteiger partial charge in [-0.2, -0.15) is 0 Å². The molecule has 2 N–H and O–H groups in total. The monoisotopic (exact) mass is 143 g/mol. The maximum atomic E-state index is 10.8. The molecule has 0 aromatic rings. The van der Waals surface area contributed by atoms with Crippen LogP contribution in [0.25, 0.3) is 0 Å². The highest BCUT2D eigenvalue weighted by atomic mass is 16.1. The Kier molecular flexibility index (Phi) is 4.08. The predicted molar refractivity (Wildman–Crippen MR) is 42.4 cm³/mol. The van der Waals surface area contributed by atoms with E-state index in [2.05, 4.69) is 6.92 Å². The van der Waals surface area contributed by atoms with Gasteiger partial charge in [0.1, 0.15) is 0 Å². The molecule has 0 saturated heterocycles. The van der Waals surface area contributed by atoms with Crippen molar-refractivity contribution in [2.24, 2.45) is 17.6 Å². The summed E-state index contributed by atoms with van der Waals surface area (Å²) in [7, 11) is 0. The highest BCUT2D eigenvalue weighted by molar-refractivity contribution is 5.76. The third-order valence-electron chi connectivity index (χ3n) is 1.77. The maximum absolute atomic E-state index is 10.8. The van der Waals surface area contributed by atoms with Crippen LogP contribution in [0, 0.1) is 11.8 Å². The topological polar surface area (TPSA) is 43.1 Å². The first-order chi connectivity index (χ1) is 4.59. The number of hydrogen-bond donors (Lipinski definition) is 1. The Morgan fingerprint density at radius 1 is 1.50 bits per heavy atom. The third-order valence-corrected chi connectivity index (χ3v) is 1.77. The van der Waals surface area contributed by atoms with Crippen LogP contribution in [-0.2, 0) is 4.79 Å². The van der Waals surface area contributed by atoms with Crippen molar-refractivity contribution in [2.75, 3.05) is 0 Å². The summed E-state index contributed by atoms with van der Waals surface area (Å²) < 4.78 is 0. The zero-order valence-corrected chi connectivity index (χ0v) is 7.05. The summed E-state index contributed by atoms with van der Waals surface area (Å²) in [6, 6.07) is 0. The van der Waals surface area contributed by atoms with Gasteiger partial charge in [-0.15, -0.1) is 0 Å². The van der Waals surface area contributed by atoms with E-state index >= 15 is 0 Å². The van der Waals surface area contributed by atoms with Gasteiger partial charge in [0.15, 0.2) is 0 Å². The Bertz CT molecular complexity index is 110. The molecule has 2 heteroatoms. The molecule has 0 aliphatic carbocycles. The van der Waals surface area contributed by atoms with Crippen LogP contribution in [0.15, 0.2) is 0 Å². The Labute approximate surface area is 62.8 Å². The number of amides is 1. The standard InChI is InChI=1S/C8H17NO/c1-4-5-7(6(2)3)8(9)10/h6-7H,4-5H2,1-3H3,(H2,9,10)/t7-/m0/s1. The number of carbonyl (C=O) groups is 1. The van der Waals surface area contributed by atoms with Crippen molar-refractivity contribution < 1.29 is 4.79 Å². The lowest BCUT2D eigenvalue weighted by atomic mass is 9.91. The lowest BCUT2D eigenvalue weighted by Crippen LogP contribution is -2.27. The zero-order chi connectivity index (χ0) is 8.15. The smallest absolute Gasteiger partial charge is 0.220 e. The third kappa shape index (κ3) is 2.85.